The van der Waals surface area contributed by atoms with Crippen molar-refractivity contribution >= 4 is 5.97 Å². The SMILES string of the molecule is CC1(c2ccccc2)CCOC(=O)C=COC1. The second kappa shape index (κ2) is 5.04. The van der Waals surface area contributed by atoms with Crippen LogP contribution in [0.4, 0.5) is 0 Å². The van der Waals surface area contributed by atoms with Gasteiger partial charge in [0, 0.05) is 5.41 Å². The molecular weight excluding hydrogens is 216 g/mol. The first-order valence-corrected chi connectivity index (χ1v) is 5.71. The summed E-state index contributed by atoms with van der Waals surface area (Å²) < 4.78 is 10.5. The standard InChI is InChI=1S/C14H16O3/c1-14(12-5-3-2-4-6-12)8-10-17-13(15)7-9-16-11-14/h2-7,9H,8,10-11H2,1H3. The zero-order valence-corrected chi connectivity index (χ0v) is 9.89. The van der Waals surface area contributed by atoms with E-state index in [2.05, 4.69) is 19.1 Å². The van der Waals surface area contributed by atoms with E-state index in [1.807, 2.05) is 18.2 Å². The van der Waals surface area contributed by atoms with E-state index >= 15 is 0 Å². The molecule has 2 rings (SSSR count). The number of ether oxygens (including phenoxy) is 2. The number of rotatable bonds is 1. The van der Waals surface area contributed by atoms with Gasteiger partial charge in [-0.3, -0.25) is 0 Å². The van der Waals surface area contributed by atoms with Gasteiger partial charge in [-0.15, -0.1) is 0 Å². The first-order chi connectivity index (χ1) is 8.21. The van der Waals surface area contributed by atoms with Crippen molar-refractivity contribution in [3.8, 4) is 0 Å². The predicted octanol–water partition coefficient (Wildman–Crippen LogP) is 2.42. The lowest BCUT2D eigenvalue weighted by atomic mass is 9.80. The Morgan fingerprint density at radius 1 is 1.24 bits per heavy atom. The van der Waals surface area contributed by atoms with E-state index in [-0.39, 0.29) is 11.4 Å². The Morgan fingerprint density at radius 3 is 2.76 bits per heavy atom. The molecule has 0 fully saturated rings. The molecule has 0 radical (unpaired) electrons. The highest BCUT2D eigenvalue weighted by atomic mass is 16.5. The molecule has 1 heterocycles. The summed E-state index contributed by atoms with van der Waals surface area (Å²) in [4.78, 5) is 11.1. The molecule has 1 aromatic rings. The van der Waals surface area contributed by atoms with Crippen LogP contribution in [0.15, 0.2) is 42.7 Å². The molecule has 90 valence electrons. The Kier molecular flexibility index (Phi) is 3.47. The van der Waals surface area contributed by atoms with Crippen molar-refractivity contribution in [2.45, 2.75) is 18.8 Å². The zero-order chi connectivity index (χ0) is 12.1. The lowest BCUT2D eigenvalue weighted by Crippen LogP contribution is -2.29. The van der Waals surface area contributed by atoms with Gasteiger partial charge in [0.25, 0.3) is 0 Å². The molecule has 0 spiro atoms. The van der Waals surface area contributed by atoms with Crippen LogP contribution in [0.3, 0.4) is 0 Å². The van der Waals surface area contributed by atoms with Crippen LogP contribution >= 0.6 is 0 Å². The van der Waals surface area contributed by atoms with Crippen LogP contribution in [0.1, 0.15) is 18.9 Å². The van der Waals surface area contributed by atoms with E-state index in [0.29, 0.717) is 13.2 Å². The number of esters is 1. The topological polar surface area (TPSA) is 35.5 Å². The number of cyclic esters (lactones) is 1. The van der Waals surface area contributed by atoms with E-state index in [0.717, 1.165) is 6.42 Å². The molecule has 3 nitrogen and oxygen atoms in total. The Balaban J connectivity index is 2.18. The van der Waals surface area contributed by atoms with Crippen molar-refractivity contribution in [3.63, 3.8) is 0 Å². The smallest absolute Gasteiger partial charge is 0.333 e. The Morgan fingerprint density at radius 2 is 2.00 bits per heavy atom. The molecule has 0 saturated carbocycles. The normalized spacial score (nSPS) is 25.1. The zero-order valence-electron chi connectivity index (χ0n) is 9.89. The van der Waals surface area contributed by atoms with Gasteiger partial charge >= 0.3 is 5.97 Å². The maximum absolute atomic E-state index is 11.1. The molecule has 0 bridgehead atoms. The van der Waals surface area contributed by atoms with Crippen molar-refractivity contribution < 1.29 is 14.3 Å². The van der Waals surface area contributed by atoms with Crippen LogP contribution in [-0.4, -0.2) is 19.2 Å². The van der Waals surface area contributed by atoms with Gasteiger partial charge in [-0.1, -0.05) is 37.3 Å². The molecule has 0 amide bonds. The second-order valence-electron chi connectivity index (χ2n) is 4.46. The maximum Gasteiger partial charge on any atom is 0.333 e. The minimum Gasteiger partial charge on any atom is -0.500 e. The van der Waals surface area contributed by atoms with Gasteiger partial charge < -0.3 is 9.47 Å². The molecule has 0 saturated heterocycles. The monoisotopic (exact) mass is 232 g/mol. The fraction of sp³-hybridized carbons (Fsp3) is 0.357. The van der Waals surface area contributed by atoms with Gasteiger partial charge in [-0.25, -0.2) is 4.79 Å². The van der Waals surface area contributed by atoms with Gasteiger partial charge in [-0.2, -0.15) is 0 Å². The molecule has 1 aromatic carbocycles. The lowest BCUT2D eigenvalue weighted by molar-refractivity contribution is -0.138. The second-order valence-corrected chi connectivity index (χ2v) is 4.46. The summed E-state index contributed by atoms with van der Waals surface area (Å²) in [6.07, 6.45) is 3.48. The van der Waals surface area contributed by atoms with Crippen molar-refractivity contribution in [2.24, 2.45) is 0 Å². The van der Waals surface area contributed by atoms with E-state index in [1.54, 1.807) is 0 Å². The van der Waals surface area contributed by atoms with Gasteiger partial charge in [0.05, 0.1) is 25.6 Å². The molecule has 3 heteroatoms. The maximum atomic E-state index is 11.1. The largest absolute Gasteiger partial charge is 0.500 e. The van der Waals surface area contributed by atoms with Gasteiger partial charge in [0.15, 0.2) is 0 Å². The number of carbonyl (C=O) groups is 1. The fourth-order valence-electron chi connectivity index (χ4n) is 1.90. The minimum absolute atomic E-state index is 0.129. The lowest BCUT2D eigenvalue weighted by Gasteiger charge is -2.28. The molecule has 17 heavy (non-hydrogen) atoms. The summed E-state index contributed by atoms with van der Waals surface area (Å²) in [5.74, 6) is -0.345. The summed E-state index contributed by atoms with van der Waals surface area (Å²) in [6.45, 7) is 3.08. The highest BCUT2D eigenvalue weighted by Gasteiger charge is 2.28. The van der Waals surface area contributed by atoms with Crippen molar-refractivity contribution in [1.82, 2.24) is 0 Å². The number of benzene rings is 1. The van der Waals surface area contributed by atoms with E-state index in [9.17, 15) is 4.79 Å². The molecule has 0 N–H and O–H groups in total. The molecule has 1 atom stereocenters. The van der Waals surface area contributed by atoms with Crippen molar-refractivity contribution in [3.05, 3.63) is 48.2 Å². The number of hydrogen-bond acceptors (Lipinski definition) is 3. The Labute approximate surface area is 101 Å². The summed E-state index contributed by atoms with van der Waals surface area (Å²) in [5, 5.41) is 0. The van der Waals surface area contributed by atoms with E-state index < -0.39 is 0 Å². The van der Waals surface area contributed by atoms with Gasteiger partial charge in [0.1, 0.15) is 0 Å². The minimum atomic E-state index is -0.345. The van der Waals surface area contributed by atoms with Crippen LogP contribution in [0, 0.1) is 0 Å². The van der Waals surface area contributed by atoms with Crippen LogP contribution in [0.5, 0.6) is 0 Å². The summed E-state index contributed by atoms with van der Waals surface area (Å²) in [7, 11) is 0. The Hall–Kier alpha value is -1.77. The fourth-order valence-corrected chi connectivity index (χ4v) is 1.90. The summed E-state index contributed by atoms with van der Waals surface area (Å²) in [6, 6.07) is 10.2. The third kappa shape index (κ3) is 2.87. The van der Waals surface area contributed by atoms with Crippen LogP contribution in [-0.2, 0) is 19.7 Å². The first kappa shape index (κ1) is 11.7. The summed E-state index contributed by atoms with van der Waals surface area (Å²) >= 11 is 0. The molecule has 1 unspecified atom stereocenters. The van der Waals surface area contributed by atoms with E-state index in [1.165, 1.54) is 17.9 Å². The number of hydrogen-bond donors (Lipinski definition) is 0. The van der Waals surface area contributed by atoms with E-state index in [4.69, 9.17) is 9.47 Å². The quantitative estimate of drug-likeness (QED) is 0.697. The first-order valence-electron chi connectivity index (χ1n) is 5.71. The van der Waals surface area contributed by atoms with Gasteiger partial charge in [0.2, 0.25) is 0 Å². The van der Waals surface area contributed by atoms with Crippen molar-refractivity contribution in [1.29, 1.82) is 0 Å². The molecule has 1 aliphatic rings. The van der Waals surface area contributed by atoms with Crippen LogP contribution < -0.4 is 0 Å². The molecule has 0 aliphatic carbocycles. The molecule has 1 aliphatic heterocycles. The average Bonchev–Trinajstić information content (AvgIpc) is 2.43. The third-order valence-corrected chi connectivity index (χ3v) is 3.07. The van der Waals surface area contributed by atoms with Crippen molar-refractivity contribution in [2.75, 3.05) is 13.2 Å². The Bertz CT molecular complexity index is 411. The van der Waals surface area contributed by atoms with Gasteiger partial charge in [-0.05, 0) is 12.0 Å². The number of carbonyl (C=O) groups excluding carboxylic acids is 1. The molecular formula is C14H16O3. The third-order valence-electron chi connectivity index (χ3n) is 3.07. The predicted molar refractivity (Wildman–Crippen MR) is 64.5 cm³/mol. The summed E-state index contributed by atoms with van der Waals surface area (Å²) in [5.41, 5.74) is 1.07. The highest BCUT2D eigenvalue weighted by Crippen LogP contribution is 2.28. The average molecular weight is 232 g/mol. The van der Waals surface area contributed by atoms with Crippen LogP contribution in [0.25, 0.3) is 0 Å². The molecule has 0 aromatic heterocycles. The van der Waals surface area contributed by atoms with Crippen LogP contribution in [0.2, 0.25) is 0 Å². The highest BCUT2D eigenvalue weighted by molar-refractivity contribution is 5.81.